The highest BCUT2D eigenvalue weighted by molar-refractivity contribution is 4.84. The van der Waals surface area contributed by atoms with Crippen molar-refractivity contribution in [3.63, 3.8) is 0 Å². The lowest BCUT2D eigenvalue weighted by molar-refractivity contribution is 0.143. The number of hydrogen-bond donors (Lipinski definition) is 1. The van der Waals surface area contributed by atoms with Crippen LogP contribution >= 0.6 is 0 Å². The van der Waals surface area contributed by atoms with Crippen LogP contribution < -0.4 is 5.32 Å². The van der Waals surface area contributed by atoms with E-state index in [1.54, 1.807) is 7.11 Å². The lowest BCUT2D eigenvalue weighted by Gasteiger charge is -2.22. The molecule has 1 unspecified atom stereocenters. The Bertz CT molecular complexity index is 204. The molecule has 0 aromatic carbocycles. The van der Waals surface area contributed by atoms with Gasteiger partial charge in [-0.15, -0.1) is 0 Å². The summed E-state index contributed by atoms with van der Waals surface area (Å²) in [6, 6.07) is 0.835. The molecular weight excluding hydrogens is 216 g/mol. The van der Waals surface area contributed by atoms with Gasteiger partial charge in [-0.3, -0.25) is 4.90 Å². The van der Waals surface area contributed by atoms with Crippen LogP contribution in [0.15, 0.2) is 0 Å². The van der Waals surface area contributed by atoms with E-state index in [4.69, 9.17) is 9.47 Å². The second-order valence-corrected chi connectivity index (χ2v) is 5.19. The summed E-state index contributed by atoms with van der Waals surface area (Å²) in [5, 5.41) is 3.55. The van der Waals surface area contributed by atoms with Crippen LogP contribution in [0.2, 0.25) is 0 Å². The first-order chi connectivity index (χ1) is 8.40. The van der Waals surface area contributed by atoms with E-state index in [0.29, 0.717) is 0 Å². The average Bonchev–Trinajstić information content (AvgIpc) is 3.05. The van der Waals surface area contributed by atoms with Crippen molar-refractivity contribution in [2.24, 2.45) is 5.92 Å². The van der Waals surface area contributed by atoms with Crippen LogP contribution in [0.5, 0.6) is 0 Å². The molecule has 0 bridgehead atoms. The van der Waals surface area contributed by atoms with Crippen LogP contribution in [0.1, 0.15) is 19.3 Å². The van der Waals surface area contributed by atoms with E-state index in [2.05, 4.69) is 10.2 Å². The monoisotopic (exact) mass is 242 g/mol. The Morgan fingerprint density at radius 1 is 1.29 bits per heavy atom. The highest BCUT2D eigenvalue weighted by Gasteiger charge is 2.28. The summed E-state index contributed by atoms with van der Waals surface area (Å²) < 4.78 is 10.5. The molecule has 0 radical (unpaired) electrons. The molecule has 1 saturated heterocycles. The maximum absolute atomic E-state index is 5.37. The molecule has 1 heterocycles. The Hall–Kier alpha value is -0.160. The first-order valence-corrected chi connectivity index (χ1v) is 6.91. The van der Waals surface area contributed by atoms with Gasteiger partial charge in [0.15, 0.2) is 0 Å². The maximum Gasteiger partial charge on any atom is 0.0589 e. The second kappa shape index (κ2) is 7.31. The number of ether oxygens (including phenoxy) is 2. The SMILES string of the molecule is COCCN(CCNCC1CCOC1)C1CC1. The van der Waals surface area contributed by atoms with Gasteiger partial charge in [-0.1, -0.05) is 0 Å². The predicted octanol–water partition coefficient (Wildman–Crippen LogP) is 0.723. The van der Waals surface area contributed by atoms with Crippen molar-refractivity contribution in [3.05, 3.63) is 0 Å². The van der Waals surface area contributed by atoms with E-state index in [9.17, 15) is 0 Å². The van der Waals surface area contributed by atoms with Crippen LogP contribution in [-0.2, 0) is 9.47 Å². The zero-order valence-electron chi connectivity index (χ0n) is 11.0. The van der Waals surface area contributed by atoms with E-state index in [1.165, 1.54) is 19.3 Å². The third kappa shape index (κ3) is 4.92. The van der Waals surface area contributed by atoms with Crippen LogP contribution in [0.3, 0.4) is 0 Å². The molecular formula is C13H26N2O2. The minimum absolute atomic E-state index is 0.739. The van der Waals surface area contributed by atoms with Gasteiger partial charge in [-0.25, -0.2) is 0 Å². The molecule has 2 fully saturated rings. The van der Waals surface area contributed by atoms with Gasteiger partial charge >= 0.3 is 0 Å². The molecule has 1 atom stereocenters. The molecule has 1 N–H and O–H groups in total. The van der Waals surface area contributed by atoms with Gasteiger partial charge in [0, 0.05) is 45.9 Å². The largest absolute Gasteiger partial charge is 0.383 e. The van der Waals surface area contributed by atoms with Crippen molar-refractivity contribution in [2.45, 2.75) is 25.3 Å². The van der Waals surface area contributed by atoms with Gasteiger partial charge < -0.3 is 14.8 Å². The fourth-order valence-corrected chi connectivity index (χ4v) is 2.40. The molecule has 0 aromatic rings. The number of methoxy groups -OCH3 is 1. The molecule has 17 heavy (non-hydrogen) atoms. The highest BCUT2D eigenvalue weighted by atomic mass is 16.5. The molecule has 4 heteroatoms. The first-order valence-electron chi connectivity index (χ1n) is 6.91. The minimum Gasteiger partial charge on any atom is -0.383 e. The third-order valence-electron chi connectivity index (χ3n) is 3.68. The number of rotatable bonds is 9. The first kappa shape index (κ1) is 13.3. The fourth-order valence-electron chi connectivity index (χ4n) is 2.40. The quantitative estimate of drug-likeness (QED) is 0.604. The van der Waals surface area contributed by atoms with Gasteiger partial charge in [-0.05, 0) is 25.2 Å². The van der Waals surface area contributed by atoms with Crippen LogP contribution in [0, 0.1) is 5.92 Å². The minimum atomic E-state index is 0.739. The highest BCUT2D eigenvalue weighted by Crippen LogP contribution is 2.25. The summed E-state index contributed by atoms with van der Waals surface area (Å²) in [6.45, 7) is 7.20. The standard InChI is InChI=1S/C13H26N2O2/c1-16-9-7-15(13-2-3-13)6-5-14-10-12-4-8-17-11-12/h12-14H,2-11H2,1H3. The smallest absolute Gasteiger partial charge is 0.0589 e. The van der Waals surface area contributed by atoms with E-state index < -0.39 is 0 Å². The average molecular weight is 242 g/mol. The summed E-state index contributed by atoms with van der Waals surface area (Å²) in [5.41, 5.74) is 0. The molecule has 4 nitrogen and oxygen atoms in total. The normalized spacial score (nSPS) is 24.7. The van der Waals surface area contributed by atoms with E-state index >= 15 is 0 Å². The third-order valence-corrected chi connectivity index (χ3v) is 3.68. The molecule has 0 amide bonds. The van der Waals surface area contributed by atoms with Crippen LogP contribution in [0.4, 0.5) is 0 Å². The summed E-state index contributed by atoms with van der Waals surface area (Å²) in [6.07, 6.45) is 3.98. The summed E-state index contributed by atoms with van der Waals surface area (Å²) in [5.74, 6) is 0.739. The van der Waals surface area contributed by atoms with E-state index in [-0.39, 0.29) is 0 Å². The van der Waals surface area contributed by atoms with Crippen LogP contribution in [-0.4, -0.2) is 64.1 Å². The van der Waals surface area contributed by atoms with Crippen molar-refractivity contribution >= 4 is 0 Å². The van der Waals surface area contributed by atoms with Crippen molar-refractivity contribution < 1.29 is 9.47 Å². The van der Waals surface area contributed by atoms with Crippen molar-refractivity contribution in [3.8, 4) is 0 Å². The van der Waals surface area contributed by atoms with Gasteiger partial charge in [0.05, 0.1) is 13.2 Å². The number of nitrogens with zero attached hydrogens (tertiary/aromatic N) is 1. The predicted molar refractivity (Wildman–Crippen MR) is 68.3 cm³/mol. The Kier molecular flexibility index (Phi) is 5.71. The van der Waals surface area contributed by atoms with Gasteiger partial charge in [0.25, 0.3) is 0 Å². The summed E-state index contributed by atoms with van der Waals surface area (Å²) >= 11 is 0. The van der Waals surface area contributed by atoms with Crippen molar-refractivity contribution in [2.75, 3.05) is 53.1 Å². The van der Waals surface area contributed by atoms with Gasteiger partial charge in [0.1, 0.15) is 0 Å². The Morgan fingerprint density at radius 2 is 2.18 bits per heavy atom. The van der Waals surface area contributed by atoms with Crippen molar-refractivity contribution in [1.29, 1.82) is 0 Å². The molecule has 2 rings (SSSR count). The lowest BCUT2D eigenvalue weighted by Crippen LogP contribution is -2.37. The molecule has 2 aliphatic rings. The van der Waals surface area contributed by atoms with E-state index in [0.717, 1.165) is 58.0 Å². The molecule has 1 aliphatic carbocycles. The maximum atomic E-state index is 5.37. The topological polar surface area (TPSA) is 33.7 Å². The summed E-state index contributed by atoms with van der Waals surface area (Å²) in [7, 11) is 1.78. The Morgan fingerprint density at radius 3 is 2.82 bits per heavy atom. The number of hydrogen-bond acceptors (Lipinski definition) is 4. The molecule has 100 valence electrons. The van der Waals surface area contributed by atoms with Crippen molar-refractivity contribution in [1.82, 2.24) is 10.2 Å². The lowest BCUT2D eigenvalue weighted by atomic mass is 10.1. The molecule has 1 saturated carbocycles. The van der Waals surface area contributed by atoms with Gasteiger partial charge in [-0.2, -0.15) is 0 Å². The van der Waals surface area contributed by atoms with E-state index in [1.807, 2.05) is 0 Å². The number of nitrogens with one attached hydrogen (secondary N) is 1. The fraction of sp³-hybridized carbons (Fsp3) is 1.00. The molecule has 0 spiro atoms. The Balaban J connectivity index is 1.52. The van der Waals surface area contributed by atoms with Gasteiger partial charge in [0.2, 0.25) is 0 Å². The summed E-state index contributed by atoms with van der Waals surface area (Å²) in [4.78, 5) is 2.56. The molecule has 1 aliphatic heterocycles. The Labute approximate surface area is 105 Å². The van der Waals surface area contributed by atoms with Crippen LogP contribution in [0.25, 0.3) is 0 Å². The zero-order valence-corrected chi connectivity index (χ0v) is 11.0. The second-order valence-electron chi connectivity index (χ2n) is 5.19. The molecule has 0 aromatic heterocycles. The zero-order chi connectivity index (χ0) is 11.9.